The fourth-order valence-corrected chi connectivity index (χ4v) is 6.71. The van der Waals surface area contributed by atoms with Crippen LogP contribution in [0.2, 0.25) is 6.04 Å². The number of carbonyl (C=O) groups is 6. The summed E-state index contributed by atoms with van der Waals surface area (Å²) in [6, 6.07) is -0.173. The maximum atomic E-state index is 12.7. The molecule has 0 rings (SSSR count). The van der Waals surface area contributed by atoms with Gasteiger partial charge in [-0.15, -0.1) is 0 Å². The largest absolute Gasteiger partial charge is 0.492 e. The quantitative estimate of drug-likeness (QED) is 0.0311. The molecule has 0 aliphatic heterocycles. The van der Waals surface area contributed by atoms with Crippen molar-refractivity contribution in [3.63, 3.8) is 0 Å². The Labute approximate surface area is 333 Å². The number of nitrogens with one attached hydrogen (secondary N) is 2. The molecule has 0 aromatic heterocycles. The zero-order valence-corrected chi connectivity index (χ0v) is 35.1. The van der Waals surface area contributed by atoms with Gasteiger partial charge in [0.2, 0.25) is 11.8 Å². The monoisotopic (exact) mass is 829 g/mol. The van der Waals surface area contributed by atoms with Crippen LogP contribution in [0.4, 0.5) is 0 Å². The fraction of sp³-hybridized carbons (Fsp3) is 0.818. The van der Waals surface area contributed by atoms with Gasteiger partial charge in [0.1, 0.15) is 23.1 Å². The van der Waals surface area contributed by atoms with Gasteiger partial charge in [-0.25, -0.2) is 0 Å². The van der Waals surface area contributed by atoms with Crippen molar-refractivity contribution in [2.45, 2.75) is 76.7 Å². The molecule has 0 spiro atoms. The van der Waals surface area contributed by atoms with E-state index in [1.807, 2.05) is 14.7 Å². The smallest absolute Gasteiger partial charge is 0.390 e. The van der Waals surface area contributed by atoms with Crippen LogP contribution in [0.25, 0.3) is 0 Å². The Morgan fingerprint density at radius 1 is 0.423 bits per heavy atom. The summed E-state index contributed by atoms with van der Waals surface area (Å²) >= 11 is 16.4. The number of amides is 2. The zero-order chi connectivity index (χ0) is 39.2. The summed E-state index contributed by atoms with van der Waals surface area (Å²) < 4.78 is 0. The molecule has 52 heavy (non-hydrogen) atoms. The van der Waals surface area contributed by atoms with Gasteiger partial charge in [0.05, 0.1) is 0 Å². The normalized spacial score (nSPS) is 11.7. The number of hydrogen-bond acceptors (Lipinski definition) is 16. The SMILES string of the molecule is O=C(CCS)CCN(CCNC(=O)CCN(CCC[Si](O)(O)O)CCC(=O)NCCN(CCC(=O)CCS)CCC(=O)CCS)CCC(=O)CCS. The van der Waals surface area contributed by atoms with E-state index in [-0.39, 0.29) is 60.3 Å². The van der Waals surface area contributed by atoms with E-state index in [0.717, 1.165) is 0 Å². The number of hydrogen-bond donors (Lipinski definition) is 9. The Bertz CT molecular complexity index is 946. The maximum absolute atomic E-state index is 12.7. The molecule has 0 unspecified atom stereocenters. The molecular weight excluding hydrogens is 767 g/mol. The van der Waals surface area contributed by atoms with Gasteiger partial charge in [-0.2, -0.15) is 50.5 Å². The number of Topliss-reactive ketones (excluding diaryl/α,β-unsaturated/α-hetero) is 4. The minimum atomic E-state index is -4.24. The first kappa shape index (κ1) is 51.0. The second kappa shape index (κ2) is 32.3. The molecule has 5 N–H and O–H groups in total. The van der Waals surface area contributed by atoms with Crippen LogP contribution >= 0.6 is 50.5 Å². The van der Waals surface area contributed by atoms with Crippen molar-refractivity contribution in [1.29, 1.82) is 0 Å². The van der Waals surface area contributed by atoms with Crippen LogP contribution < -0.4 is 10.6 Å². The average Bonchev–Trinajstić information content (AvgIpc) is 3.07. The number of rotatable bonds is 36. The molecule has 0 saturated heterocycles. The van der Waals surface area contributed by atoms with Crippen LogP contribution in [-0.2, 0) is 28.8 Å². The van der Waals surface area contributed by atoms with E-state index in [2.05, 4.69) is 61.1 Å². The van der Waals surface area contributed by atoms with Crippen molar-refractivity contribution in [2.75, 3.05) is 95.0 Å². The first-order valence-corrected chi connectivity index (χ1v) is 22.7. The van der Waals surface area contributed by atoms with Crippen molar-refractivity contribution in [3.05, 3.63) is 0 Å². The average molecular weight is 830 g/mol. The first-order valence-electron chi connectivity index (χ1n) is 18.1. The Hall–Kier alpha value is -1.00. The summed E-state index contributed by atoms with van der Waals surface area (Å²) in [6.07, 6.45) is 3.36. The summed E-state index contributed by atoms with van der Waals surface area (Å²) in [7, 11) is -4.24. The third-order valence-corrected chi connectivity index (χ3v) is 10.1. The van der Waals surface area contributed by atoms with Gasteiger partial charge in [-0.1, -0.05) is 0 Å². The third-order valence-electron chi connectivity index (χ3n) is 8.19. The van der Waals surface area contributed by atoms with Gasteiger partial charge in [-0.3, -0.25) is 28.8 Å². The Morgan fingerprint density at radius 2 is 0.712 bits per heavy atom. The Balaban J connectivity index is 5.00. The van der Waals surface area contributed by atoms with E-state index < -0.39 is 8.80 Å². The van der Waals surface area contributed by atoms with Crippen molar-refractivity contribution in [3.8, 4) is 0 Å². The summed E-state index contributed by atoms with van der Waals surface area (Å²) in [6.45, 7) is 4.39. The number of nitrogens with zero attached hydrogens (tertiary/aromatic N) is 3. The molecule has 14 nitrogen and oxygen atoms in total. The van der Waals surface area contributed by atoms with E-state index in [1.165, 1.54) is 0 Å². The molecule has 19 heteroatoms. The molecule has 0 atom stereocenters. The molecular formula is C33H63N5O9S4Si. The molecule has 0 radical (unpaired) electrons. The molecule has 0 aromatic carbocycles. The standard InChI is InChI=1S/C33H63N5O9S4Si/c39-28(8-23-48)2-15-37(16-3-29(40)9-24-49)21-12-34-32(43)6-19-36(14-1-27-52(45,46)47)20-7-33(44)35-13-22-38(17-4-30(41)10-25-50)18-5-31(42)11-26-51/h45-51H,1-27H2,(H,34,43)(H,35,44). The van der Waals surface area contributed by atoms with E-state index in [1.54, 1.807) is 0 Å². The number of carbonyl (C=O) groups excluding carboxylic acids is 6. The van der Waals surface area contributed by atoms with Crippen LogP contribution in [0.5, 0.6) is 0 Å². The lowest BCUT2D eigenvalue weighted by Gasteiger charge is -2.24. The second-order valence-corrected chi connectivity index (χ2v) is 16.5. The zero-order valence-electron chi connectivity index (χ0n) is 30.5. The van der Waals surface area contributed by atoms with Crippen molar-refractivity contribution < 1.29 is 43.2 Å². The number of thiol groups is 4. The highest BCUT2D eigenvalue weighted by Crippen LogP contribution is 2.06. The summed E-state index contributed by atoms with van der Waals surface area (Å²) in [4.78, 5) is 108. The molecule has 2 amide bonds. The van der Waals surface area contributed by atoms with E-state index in [9.17, 15) is 43.2 Å². The lowest BCUT2D eigenvalue weighted by Crippen LogP contribution is -2.40. The van der Waals surface area contributed by atoms with Crippen molar-refractivity contribution >= 4 is 94.3 Å². The van der Waals surface area contributed by atoms with Gasteiger partial charge in [-0.05, 0) is 36.0 Å². The van der Waals surface area contributed by atoms with E-state index in [4.69, 9.17) is 0 Å². The topological polar surface area (TPSA) is 197 Å². The summed E-state index contributed by atoms with van der Waals surface area (Å²) in [5.41, 5.74) is 0. The second-order valence-electron chi connectivity index (χ2n) is 12.7. The predicted octanol–water partition coefficient (Wildman–Crippen LogP) is 0.327. The summed E-state index contributed by atoms with van der Waals surface area (Å²) in [5, 5.41) is 5.76. The van der Waals surface area contributed by atoms with Crippen LogP contribution in [0.1, 0.15) is 70.6 Å². The van der Waals surface area contributed by atoms with Gasteiger partial charge in [0, 0.05) is 136 Å². The molecule has 0 aliphatic rings. The first-order chi connectivity index (χ1) is 24.7. The highest BCUT2D eigenvalue weighted by atomic mass is 32.1. The maximum Gasteiger partial charge on any atom is 0.492 e. The van der Waals surface area contributed by atoms with Gasteiger partial charge in [0.25, 0.3) is 0 Å². The molecule has 0 aromatic rings. The van der Waals surface area contributed by atoms with Crippen molar-refractivity contribution in [2.24, 2.45) is 0 Å². The van der Waals surface area contributed by atoms with Crippen LogP contribution in [0.3, 0.4) is 0 Å². The Morgan fingerprint density at radius 3 is 1.00 bits per heavy atom. The molecule has 0 heterocycles. The minimum absolute atomic E-state index is 0.0892. The minimum Gasteiger partial charge on any atom is -0.390 e. The van der Waals surface area contributed by atoms with E-state index in [0.29, 0.717) is 146 Å². The van der Waals surface area contributed by atoms with Gasteiger partial charge in [0.15, 0.2) is 0 Å². The third kappa shape index (κ3) is 31.4. The van der Waals surface area contributed by atoms with Crippen LogP contribution in [-0.4, -0.2) is 168 Å². The molecule has 302 valence electrons. The van der Waals surface area contributed by atoms with Crippen LogP contribution in [0, 0.1) is 0 Å². The number of ketones is 4. The molecule has 0 aliphatic carbocycles. The summed E-state index contributed by atoms with van der Waals surface area (Å²) in [5.74, 6) is 1.81. The Kier molecular flexibility index (Phi) is 31.6. The lowest BCUT2D eigenvalue weighted by molar-refractivity contribution is -0.123. The lowest BCUT2D eigenvalue weighted by atomic mass is 10.2. The molecule has 0 bridgehead atoms. The fourth-order valence-electron chi connectivity index (χ4n) is 5.08. The molecule has 0 fully saturated rings. The van der Waals surface area contributed by atoms with Gasteiger partial charge >= 0.3 is 8.80 Å². The van der Waals surface area contributed by atoms with Gasteiger partial charge < -0.3 is 39.7 Å². The van der Waals surface area contributed by atoms with Crippen LogP contribution in [0.15, 0.2) is 0 Å². The highest BCUT2D eigenvalue weighted by molar-refractivity contribution is 7.80. The highest BCUT2D eigenvalue weighted by Gasteiger charge is 2.26. The molecule has 0 saturated carbocycles. The predicted molar refractivity (Wildman–Crippen MR) is 219 cm³/mol. The van der Waals surface area contributed by atoms with E-state index >= 15 is 0 Å². The van der Waals surface area contributed by atoms with Crippen molar-refractivity contribution in [1.82, 2.24) is 25.3 Å².